The molecule has 5 rings (SSSR count). The molecule has 0 aliphatic rings. The van der Waals surface area contributed by atoms with E-state index in [0.29, 0.717) is 23.0 Å². The second kappa shape index (κ2) is 8.88. The van der Waals surface area contributed by atoms with Crippen molar-refractivity contribution in [1.82, 2.24) is 29.5 Å². The number of nitrogens with zero attached hydrogens (tertiary/aromatic N) is 7. The molecule has 0 fully saturated rings. The molecule has 1 aromatic carbocycles. The first kappa shape index (κ1) is 23.6. The van der Waals surface area contributed by atoms with Gasteiger partial charge in [0, 0.05) is 37.6 Å². The van der Waals surface area contributed by atoms with Crippen LogP contribution in [0.3, 0.4) is 0 Å². The van der Waals surface area contributed by atoms with E-state index in [2.05, 4.69) is 81.4 Å². The Kier molecular flexibility index (Phi) is 5.38. The Morgan fingerprint density at radius 1 is 0.821 bits per heavy atom. The number of aryl methyl sites for hydroxylation is 3. The summed E-state index contributed by atoms with van der Waals surface area (Å²) >= 11 is 1.59. The highest BCUT2D eigenvalue weighted by molar-refractivity contribution is 7.24. The third-order valence-corrected chi connectivity index (χ3v) is 7.83. The van der Waals surface area contributed by atoms with Crippen LogP contribution >= 0.6 is 11.3 Å². The summed E-state index contributed by atoms with van der Waals surface area (Å²) in [7, 11) is 1.88. The van der Waals surface area contributed by atoms with E-state index in [4.69, 9.17) is 29.1 Å². The van der Waals surface area contributed by atoms with Gasteiger partial charge in [0.05, 0.1) is 15.8 Å². The van der Waals surface area contributed by atoms with Crippen molar-refractivity contribution in [2.24, 2.45) is 7.05 Å². The Bertz CT molecular complexity index is 1810. The van der Waals surface area contributed by atoms with Crippen molar-refractivity contribution in [2.45, 2.75) is 92.3 Å². The van der Waals surface area contributed by atoms with Crippen LogP contribution in [0.15, 0.2) is 24.4 Å². The van der Waals surface area contributed by atoms with E-state index in [1.54, 1.807) is 17.5 Å². The molecular weight excluding hydrogens is 502 g/mol. The van der Waals surface area contributed by atoms with Crippen LogP contribution in [0.5, 0.6) is 0 Å². The maximum atomic E-state index is 8.41. The number of fused-ring (bicyclic) bond motifs is 3. The quantitative estimate of drug-likeness (QED) is 0.228. The van der Waals surface area contributed by atoms with Crippen molar-refractivity contribution in [3.05, 3.63) is 53.0 Å². The lowest BCUT2D eigenvalue weighted by molar-refractivity contribution is -0.660. The monoisotopic (exact) mass is 545 g/mol. The number of hydrogen-bond donors (Lipinski definition) is 0. The molecule has 0 N–H and O–H groups in total. The molecule has 39 heavy (non-hydrogen) atoms. The van der Waals surface area contributed by atoms with E-state index in [-0.39, 0.29) is 21.8 Å². The van der Waals surface area contributed by atoms with Crippen molar-refractivity contribution >= 4 is 26.5 Å². The van der Waals surface area contributed by atoms with Crippen LogP contribution < -0.4 is 4.57 Å². The minimum atomic E-state index is -2.37. The minimum absolute atomic E-state index is 0.166. The number of thiazole rings is 1. The highest BCUT2D eigenvalue weighted by Crippen LogP contribution is 2.38. The summed E-state index contributed by atoms with van der Waals surface area (Å²) in [6.07, 6.45) is 1.70. The van der Waals surface area contributed by atoms with Crippen LogP contribution in [-0.2, 0) is 23.3 Å². The molecule has 0 radical (unpaired) electrons. The van der Waals surface area contributed by atoms with Gasteiger partial charge in [0.2, 0.25) is 10.7 Å². The largest absolute Gasteiger partial charge is 0.217 e. The Morgan fingerprint density at radius 3 is 2.00 bits per heavy atom. The fourth-order valence-corrected chi connectivity index (χ4v) is 5.61. The van der Waals surface area contributed by atoms with Crippen molar-refractivity contribution in [2.75, 3.05) is 0 Å². The molecular formula is C31H40N7S+. The summed E-state index contributed by atoms with van der Waals surface area (Å²) in [5.74, 6) is 2.42. The third-order valence-electron chi connectivity index (χ3n) is 6.76. The van der Waals surface area contributed by atoms with E-state index >= 15 is 0 Å². The van der Waals surface area contributed by atoms with E-state index in [9.17, 15) is 0 Å². The van der Waals surface area contributed by atoms with Gasteiger partial charge in [-0.05, 0) is 25.4 Å². The maximum Gasteiger partial charge on any atom is 0.214 e. The summed E-state index contributed by atoms with van der Waals surface area (Å²) in [4.78, 5) is 20.2. The minimum Gasteiger partial charge on any atom is -0.217 e. The highest BCUT2D eigenvalue weighted by atomic mass is 32.1. The van der Waals surface area contributed by atoms with Gasteiger partial charge < -0.3 is 0 Å². The number of rotatable bonds is 2. The van der Waals surface area contributed by atoms with E-state index < -0.39 is 6.85 Å². The SMILES string of the molecule is [2H]C([2H])([2H])c1c[n+](C)c(-c2c(C)ccc3c2sc2nc(C(C)(C)C)nn23)cc1-c1nc(C(C)(C)C)nc(C(C)(C)C)n1. The average Bonchev–Trinajstić information content (AvgIpc) is 3.41. The maximum absolute atomic E-state index is 8.41. The van der Waals surface area contributed by atoms with E-state index in [1.165, 1.54) is 0 Å². The van der Waals surface area contributed by atoms with Gasteiger partial charge in [-0.25, -0.2) is 29.0 Å². The summed E-state index contributed by atoms with van der Waals surface area (Å²) in [6.45, 7) is 18.3. The van der Waals surface area contributed by atoms with Crippen molar-refractivity contribution in [3.63, 3.8) is 0 Å². The average molecular weight is 546 g/mol. The van der Waals surface area contributed by atoms with Crippen LogP contribution in [0, 0.1) is 13.8 Å². The van der Waals surface area contributed by atoms with E-state index in [0.717, 1.165) is 37.8 Å². The Labute approximate surface area is 239 Å². The van der Waals surface area contributed by atoms with Crippen LogP contribution in [0.1, 0.15) is 95.0 Å². The molecule has 0 unspecified atom stereocenters. The lowest BCUT2D eigenvalue weighted by atomic mass is 9.92. The molecule has 4 heterocycles. The van der Waals surface area contributed by atoms with Crippen LogP contribution in [0.2, 0.25) is 0 Å². The van der Waals surface area contributed by atoms with Gasteiger partial charge in [-0.15, -0.1) is 5.10 Å². The van der Waals surface area contributed by atoms with Crippen LogP contribution in [0.4, 0.5) is 0 Å². The first-order valence-electron chi connectivity index (χ1n) is 14.8. The number of hydrogen-bond acceptors (Lipinski definition) is 6. The summed E-state index contributed by atoms with van der Waals surface area (Å²) in [6, 6.07) is 6.08. The molecule has 0 amide bonds. The fraction of sp³-hybridized carbons (Fsp3) is 0.484. The first-order chi connectivity index (χ1) is 19.2. The molecule has 0 aliphatic heterocycles. The zero-order valence-corrected chi connectivity index (χ0v) is 25.7. The van der Waals surface area contributed by atoms with Crippen molar-refractivity contribution in [3.8, 4) is 22.6 Å². The second-order valence-corrected chi connectivity index (χ2v) is 14.5. The molecule has 204 valence electrons. The van der Waals surface area contributed by atoms with Crippen LogP contribution in [-0.4, -0.2) is 29.5 Å². The third kappa shape index (κ3) is 4.84. The smallest absolute Gasteiger partial charge is 0.214 e. The van der Waals surface area contributed by atoms with Crippen LogP contribution in [0.25, 0.3) is 37.8 Å². The first-order valence-corrected chi connectivity index (χ1v) is 14.1. The Hall–Kier alpha value is -3.26. The van der Waals surface area contributed by atoms with Gasteiger partial charge in [0.15, 0.2) is 17.8 Å². The molecule has 7 nitrogen and oxygen atoms in total. The predicted octanol–water partition coefficient (Wildman–Crippen LogP) is 6.80. The summed E-state index contributed by atoms with van der Waals surface area (Å²) in [5, 5.41) is 4.84. The normalized spacial score (nSPS) is 14.6. The van der Waals surface area contributed by atoms with Gasteiger partial charge in [-0.2, -0.15) is 0 Å². The molecule has 0 spiro atoms. The number of pyridine rings is 1. The molecule has 8 heteroatoms. The number of aromatic nitrogens is 7. The van der Waals surface area contributed by atoms with Crippen molar-refractivity contribution in [1.29, 1.82) is 0 Å². The van der Waals surface area contributed by atoms with Gasteiger partial charge in [-0.3, -0.25) is 0 Å². The number of benzene rings is 1. The van der Waals surface area contributed by atoms with Gasteiger partial charge in [0.1, 0.15) is 18.7 Å². The molecule has 0 saturated heterocycles. The summed E-state index contributed by atoms with van der Waals surface area (Å²) < 4.78 is 30.1. The molecule has 5 aromatic rings. The molecule has 0 atom stereocenters. The predicted molar refractivity (Wildman–Crippen MR) is 159 cm³/mol. The summed E-state index contributed by atoms with van der Waals surface area (Å²) in [5.41, 5.74) is 3.69. The topological polar surface area (TPSA) is 72.7 Å². The molecule has 0 aliphatic carbocycles. The molecule has 0 saturated carbocycles. The zero-order chi connectivity index (χ0) is 31.2. The zero-order valence-electron chi connectivity index (χ0n) is 27.8. The van der Waals surface area contributed by atoms with E-state index in [1.807, 2.05) is 22.2 Å². The van der Waals surface area contributed by atoms with Gasteiger partial charge in [-0.1, -0.05) is 79.7 Å². The lowest BCUT2D eigenvalue weighted by Gasteiger charge is -2.23. The Morgan fingerprint density at radius 2 is 1.44 bits per heavy atom. The van der Waals surface area contributed by atoms with Crippen molar-refractivity contribution < 1.29 is 8.68 Å². The second-order valence-electron chi connectivity index (χ2n) is 13.5. The van der Waals surface area contributed by atoms with Gasteiger partial charge >= 0.3 is 0 Å². The standard InChI is InChI=1S/C31H40N7S/c1-17-13-14-20-23(39-28-35-27(31(9,10)11)36-38(20)28)22(17)21-15-19(18(2)16-37(21)12)24-32-25(29(3,4)5)34-26(33-24)30(6,7)8/h13-16H,1-12H3/q+1/i2D3. The lowest BCUT2D eigenvalue weighted by Crippen LogP contribution is -2.32. The fourth-order valence-electron chi connectivity index (χ4n) is 4.44. The van der Waals surface area contributed by atoms with Gasteiger partial charge in [0.25, 0.3) is 0 Å². The Balaban J connectivity index is 1.83. The molecule has 4 aromatic heterocycles. The highest BCUT2D eigenvalue weighted by Gasteiger charge is 2.28. The molecule has 0 bridgehead atoms.